The van der Waals surface area contributed by atoms with Crippen LogP contribution >= 0.6 is 0 Å². The first-order valence-electron chi connectivity index (χ1n) is 5.59. The molecule has 1 atom stereocenters. The minimum absolute atomic E-state index is 0.0969. The Morgan fingerprint density at radius 1 is 1.28 bits per heavy atom. The summed E-state index contributed by atoms with van der Waals surface area (Å²) in [6.45, 7) is 5.20. The largest absolute Gasteiger partial charge is 0.480 e. The van der Waals surface area contributed by atoms with Crippen molar-refractivity contribution < 1.29 is 18.3 Å². The van der Waals surface area contributed by atoms with Gasteiger partial charge < -0.3 is 5.11 Å². The summed E-state index contributed by atoms with van der Waals surface area (Å²) in [6, 6.07) is 3.79. The summed E-state index contributed by atoms with van der Waals surface area (Å²) in [4.78, 5) is 10.9. The fourth-order valence-corrected chi connectivity index (χ4v) is 3.11. The first-order chi connectivity index (χ1) is 8.26. The van der Waals surface area contributed by atoms with E-state index >= 15 is 0 Å². The van der Waals surface area contributed by atoms with Crippen LogP contribution in [0.15, 0.2) is 23.1 Å². The number of hydrogen-bond donors (Lipinski definition) is 2. The van der Waals surface area contributed by atoms with Crippen molar-refractivity contribution in [1.82, 2.24) is 4.72 Å². The van der Waals surface area contributed by atoms with Crippen LogP contribution in [0.3, 0.4) is 0 Å². The Hall–Kier alpha value is -1.40. The maximum absolute atomic E-state index is 12.0. The molecule has 6 heteroatoms. The van der Waals surface area contributed by atoms with Crippen LogP contribution in [0.25, 0.3) is 0 Å². The van der Waals surface area contributed by atoms with Crippen molar-refractivity contribution in [3.05, 3.63) is 29.3 Å². The zero-order chi connectivity index (χ0) is 13.9. The summed E-state index contributed by atoms with van der Waals surface area (Å²) >= 11 is 0. The summed E-state index contributed by atoms with van der Waals surface area (Å²) in [7, 11) is -3.79. The minimum Gasteiger partial charge on any atom is -0.480 e. The molecule has 0 spiro atoms. The first-order valence-corrected chi connectivity index (χ1v) is 7.08. The number of carboxylic acids is 1. The van der Waals surface area contributed by atoms with Crippen LogP contribution in [-0.4, -0.2) is 25.5 Å². The third-order valence-corrected chi connectivity index (χ3v) is 3.96. The zero-order valence-electron chi connectivity index (χ0n) is 10.6. The van der Waals surface area contributed by atoms with Gasteiger partial charge >= 0.3 is 5.97 Å². The number of rotatable bonds is 5. The van der Waals surface area contributed by atoms with E-state index in [4.69, 9.17) is 5.11 Å². The van der Waals surface area contributed by atoms with Gasteiger partial charge in [-0.15, -0.1) is 0 Å². The lowest BCUT2D eigenvalue weighted by molar-refractivity contribution is -0.139. The van der Waals surface area contributed by atoms with Gasteiger partial charge in [0.25, 0.3) is 0 Å². The van der Waals surface area contributed by atoms with E-state index in [9.17, 15) is 13.2 Å². The van der Waals surface area contributed by atoms with Crippen LogP contribution in [0.4, 0.5) is 0 Å². The maximum atomic E-state index is 12.0. The van der Waals surface area contributed by atoms with E-state index in [0.717, 1.165) is 11.1 Å². The predicted octanol–water partition coefficient (Wildman–Crippen LogP) is 1.44. The Labute approximate surface area is 107 Å². The molecule has 1 unspecified atom stereocenters. The normalized spacial score (nSPS) is 13.3. The van der Waals surface area contributed by atoms with Gasteiger partial charge in [0.2, 0.25) is 10.0 Å². The molecular weight excluding hydrogens is 254 g/mol. The number of aliphatic carboxylic acids is 1. The third-order valence-electron chi connectivity index (χ3n) is 2.51. The van der Waals surface area contributed by atoms with E-state index in [0.29, 0.717) is 0 Å². The van der Waals surface area contributed by atoms with Crippen molar-refractivity contribution in [3.8, 4) is 0 Å². The molecule has 0 aliphatic carbocycles. The molecule has 1 aromatic carbocycles. The van der Waals surface area contributed by atoms with Gasteiger partial charge in [-0.05, 0) is 43.5 Å². The fraction of sp³-hybridized carbons (Fsp3) is 0.417. The second-order valence-corrected chi connectivity index (χ2v) is 5.96. The van der Waals surface area contributed by atoms with Gasteiger partial charge in [0.05, 0.1) is 4.90 Å². The summed E-state index contributed by atoms with van der Waals surface area (Å²) < 4.78 is 26.3. The minimum atomic E-state index is -3.79. The summed E-state index contributed by atoms with van der Waals surface area (Å²) in [5.41, 5.74) is 1.64. The Morgan fingerprint density at radius 2 is 1.78 bits per heavy atom. The van der Waals surface area contributed by atoms with Crippen LogP contribution in [0.5, 0.6) is 0 Å². The average molecular weight is 271 g/mol. The van der Waals surface area contributed by atoms with Crippen molar-refractivity contribution in [2.24, 2.45) is 0 Å². The van der Waals surface area contributed by atoms with E-state index in [1.807, 2.05) is 6.07 Å². The van der Waals surface area contributed by atoms with Gasteiger partial charge in [0.1, 0.15) is 6.04 Å². The van der Waals surface area contributed by atoms with Gasteiger partial charge in [0.15, 0.2) is 0 Å². The monoisotopic (exact) mass is 271 g/mol. The molecule has 0 aliphatic heterocycles. The molecule has 1 rings (SSSR count). The highest BCUT2D eigenvalue weighted by Crippen LogP contribution is 2.15. The molecular formula is C12H17NO4S. The van der Waals surface area contributed by atoms with E-state index in [1.54, 1.807) is 20.8 Å². The SMILES string of the molecule is CCC(NS(=O)(=O)c1cc(C)cc(C)c1)C(=O)O. The maximum Gasteiger partial charge on any atom is 0.321 e. The fourth-order valence-electron chi connectivity index (χ4n) is 1.65. The second kappa shape index (κ2) is 5.49. The van der Waals surface area contributed by atoms with Crippen LogP contribution in [-0.2, 0) is 14.8 Å². The average Bonchev–Trinajstić information content (AvgIpc) is 2.24. The number of aryl methyl sites for hydroxylation is 2. The van der Waals surface area contributed by atoms with Crippen LogP contribution < -0.4 is 4.72 Å². The molecule has 0 fully saturated rings. The van der Waals surface area contributed by atoms with Gasteiger partial charge in [-0.1, -0.05) is 13.0 Å². The standard InChI is InChI=1S/C12H17NO4S/c1-4-11(12(14)15)13-18(16,17)10-6-8(2)5-9(3)7-10/h5-7,11,13H,4H2,1-3H3,(H,14,15). The molecule has 0 aromatic heterocycles. The Balaban J connectivity index is 3.10. The number of carboxylic acid groups (broad SMARTS) is 1. The number of benzene rings is 1. The quantitative estimate of drug-likeness (QED) is 0.849. The van der Waals surface area contributed by atoms with E-state index in [2.05, 4.69) is 4.72 Å². The highest BCUT2D eigenvalue weighted by atomic mass is 32.2. The van der Waals surface area contributed by atoms with Crippen molar-refractivity contribution >= 4 is 16.0 Å². The number of nitrogens with one attached hydrogen (secondary N) is 1. The van der Waals surface area contributed by atoms with E-state index in [-0.39, 0.29) is 11.3 Å². The Morgan fingerprint density at radius 3 is 2.17 bits per heavy atom. The number of carbonyl (C=O) groups is 1. The van der Waals surface area contributed by atoms with E-state index in [1.165, 1.54) is 12.1 Å². The molecule has 0 saturated heterocycles. The zero-order valence-corrected chi connectivity index (χ0v) is 11.4. The number of sulfonamides is 1. The molecule has 100 valence electrons. The molecule has 18 heavy (non-hydrogen) atoms. The molecule has 0 amide bonds. The highest BCUT2D eigenvalue weighted by molar-refractivity contribution is 7.89. The molecule has 0 radical (unpaired) electrons. The molecule has 2 N–H and O–H groups in total. The number of hydrogen-bond acceptors (Lipinski definition) is 3. The molecule has 0 bridgehead atoms. The van der Waals surface area contributed by atoms with Crippen molar-refractivity contribution in [3.63, 3.8) is 0 Å². The molecule has 1 aromatic rings. The third kappa shape index (κ3) is 3.54. The lowest BCUT2D eigenvalue weighted by Crippen LogP contribution is -2.40. The lowest BCUT2D eigenvalue weighted by Gasteiger charge is -2.13. The highest BCUT2D eigenvalue weighted by Gasteiger charge is 2.23. The van der Waals surface area contributed by atoms with Gasteiger partial charge in [-0.2, -0.15) is 4.72 Å². The Bertz CT molecular complexity index is 531. The van der Waals surface area contributed by atoms with Crippen LogP contribution in [0, 0.1) is 13.8 Å². The van der Waals surface area contributed by atoms with E-state index < -0.39 is 22.0 Å². The molecule has 0 heterocycles. The van der Waals surface area contributed by atoms with Gasteiger partial charge in [-0.3, -0.25) is 4.79 Å². The topological polar surface area (TPSA) is 83.5 Å². The second-order valence-electron chi connectivity index (χ2n) is 4.24. The Kier molecular flexibility index (Phi) is 4.48. The summed E-state index contributed by atoms with van der Waals surface area (Å²) in [5, 5.41) is 8.87. The molecule has 0 aliphatic rings. The van der Waals surface area contributed by atoms with Crippen molar-refractivity contribution in [2.45, 2.75) is 38.1 Å². The smallest absolute Gasteiger partial charge is 0.321 e. The van der Waals surface area contributed by atoms with Gasteiger partial charge in [-0.25, -0.2) is 8.42 Å². The van der Waals surface area contributed by atoms with Crippen LogP contribution in [0.2, 0.25) is 0 Å². The van der Waals surface area contributed by atoms with Gasteiger partial charge in [0, 0.05) is 0 Å². The molecule has 0 saturated carbocycles. The van der Waals surface area contributed by atoms with Crippen molar-refractivity contribution in [2.75, 3.05) is 0 Å². The molecule has 5 nitrogen and oxygen atoms in total. The van der Waals surface area contributed by atoms with Crippen LogP contribution in [0.1, 0.15) is 24.5 Å². The van der Waals surface area contributed by atoms with Crippen molar-refractivity contribution in [1.29, 1.82) is 0 Å². The summed E-state index contributed by atoms with van der Waals surface area (Å²) in [6.07, 6.45) is 0.194. The predicted molar refractivity (Wildman–Crippen MR) is 68.0 cm³/mol. The lowest BCUT2D eigenvalue weighted by atomic mass is 10.2. The summed E-state index contributed by atoms with van der Waals surface area (Å²) in [5.74, 6) is -1.18. The first kappa shape index (κ1) is 14.7.